The number of hydrogen-bond donors (Lipinski definition) is 2. The molecule has 1 heterocycles. The lowest BCUT2D eigenvalue weighted by molar-refractivity contribution is -0.380. The van der Waals surface area contributed by atoms with Crippen molar-refractivity contribution in [2.75, 3.05) is 0 Å². The highest BCUT2D eigenvalue weighted by Gasteiger charge is 2.10. The third-order valence-electron chi connectivity index (χ3n) is 2.30. The molecule has 0 aliphatic carbocycles. The molecule has 2 aromatic rings. The molecule has 2 rings (SSSR count). The SMILES string of the molecule is O=C(NN=Cc1ccc([N+](=O)[O-])s1)c1ccccc1O. The van der Waals surface area contributed by atoms with E-state index in [-0.39, 0.29) is 16.3 Å². The Morgan fingerprint density at radius 1 is 1.35 bits per heavy atom. The predicted molar refractivity (Wildman–Crippen MR) is 74.1 cm³/mol. The lowest BCUT2D eigenvalue weighted by atomic mass is 10.2. The minimum atomic E-state index is -0.564. The second-order valence-corrected chi connectivity index (χ2v) is 4.74. The molecule has 0 radical (unpaired) electrons. The van der Waals surface area contributed by atoms with Crippen molar-refractivity contribution >= 4 is 28.5 Å². The van der Waals surface area contributed by atoms with Crippen LogP contribution in [0.3, 0.4) is 0 Å². The van der Waals surface area contributed by atoms with Gasteiger partial charge in [0.2, 0.25) is 0 Å². The number of benzene rings is 1. The van der Waals surface area contributed by atoms with Crippen molar-refractivity contribution in [1.82, 2.24) is 5.43 Å². The first-order chi connectivity index (χ1) is 9.58. The Kier molecular flexibility index (Phi) is 4.06. The van der Waals surface area contributed by atoms with Crippen LogP contribution in [-0.2, 0) is 0 Å². The molecule has 0 fully saturated rings. The molecule has 0 bridgehead atoms. The molecule has 1 aromatic heterocycles. The van der Waals surface area contributed by atoms with E-state index in [0.29, 0.717) is 4.88 Å². The Labute approximate surface area is 117 Å². The minimum Gasteiger partial charge on any atom is -0.507 e. The van der Waals surface area contributed by atoms with Crippen LogP contribution in [0, 0.1) is 10.1 Å². The molecule has 1 aromatic carbocycles. The highest BCUT2D eigenvalue weighted by Crippen LogP contribution is 2.22. The van der Waals surface area contributed by atoms with Gasteiger partial charge in [-0.05, 0) is 18.2 Å². The van der Waals surface area contributed by atoms with Crippen LogP contribution in [0.15, 0.2) is 41.5 Å². The summed E-state index contributed by atoms with van der Waals surface area (Å²) in [6.45, 7) is 0. The summed E-state index contributed by atoms with van der Waals surface area (Å²) >= 11 is 0.943. The molecule has 0 unspecified atom stereocenters. The topological polar surface area (TPSA) is 105 Å². The number of rotatable bonds is 4. The lowest BCUT2D eigenvalue weighted by Gasteiger charge is -2.01. The van der Waals surface area contributed by atoms with Gasteiger partial charge in [0.05, 0.1) is 21.6 Å². The molecule has 0 spiro atoms. The normalized spacial score (nSPS) is 10.6. The van der Waals surface area contributed by atoms with Crippen LogP contribution in [0.5, 0.6) is 5.75 Å². The van der Waals surface area contributed by atoms with Crippen LogP contribution in [0.4, 0.5) is 5.00 Å². The smallest absolute Gasteiger partial charge is 0.324 e. The van der Waals surface area contributed by atoms with Crippen LogP contribution >= 0.6 is 11.3 Å². The summed E-state index contributed by atoms with van der Waals surface area (Å²) < 4.78 is 0. The van der Waals surface area contributed by atoms with Crippen LogP contribution in [0.1, 0.15) is 15.2 Å². The number of phenols is 1. The number of carbonyl (C=O) groups is 1. The van der Waals surface area contributed by atoms with Gasteiger partial charge in [-0.2, -0.15) is 5.10 Å². The number of phenolic OH excluding ortho intramolecular Hbond substituents is 1. The third kappa shape index (κ3) is 3.18. The van der Waals surface area contributed by atoms with Gasteiger partial charge in [-0.3, -0.25) is 14.9 Å². The fourth-order valence-corrected chi connectivity index (χ4v) is 2.08. The summed E-state index contributed by atoms with van der Waals surface area (Å²) in [5, 5.41) is 23.7. The number of amides is 1. The van der Waals surface area contributed by atoms with Gasteiger partial charge in [0, 0.05) is 6.07 Å². The highest BCUT2D eigenvalue weighted by molar-refractivity contribution is 7.16. The van der Waals surface area contributed by atoms with Gasteiger partial charge in [0.25, 0.3) is 5.91 Å². The second kappa shape index (κ2) is 5.93. The number of aromatic hydroxyl groups is 1. The molecule has 8 heteroatoms. The number of para-hydroxylation sites is 1. The average Bonchev–Trinajstić information content (AvgIpc) is 2.88. The molecule has 1 amide bonds. The second-order valence-electron chi connectivity index (χ2n) is 3.65. The van der Waals surface area contributed by atoms with Crippen molar-refractivity contribution in [3.05, 3.63) is 57.0 Å². The van der Waals surface area contributed by atoms with Crippen molar-refractivity contribution in [3.63, 3.8) is 0 Å². The van der Waals surface area contributed by atoms with E-state index in [4.69, 9.17) is 0 Å². The zero-order valence-electron chi connectivity index (χ0n) is 10.0. The van der Waals surface area contributed by atoms with Gasteiger partial charge >= 0.3 is 5.00 Å². The summed E-state index contributed by atoms with van der Waals surface area (Å²) in [6, 6.07) is 8.94. The maximum Gasteiger partial charge on any atom is 0.324 e. The standard InChI is InChI=1S/C12H9N3O4S/c16-10-4-2-1-3-9(10)12(17)14-13-7-8-5-6-11(20-8)15(18)19/h1-7,16H,(H,14,17). The molecule has 0 saturated carbocycles. The fourth-order valence-electron chi connectivity index (χ4n) is 1.39. The number of nitrogens with zero attached hydrogens (tertiary/aromatic N) is 2. The van der Waals surface area contributed by atoms with Crippen molar-refractivity contribution in [3.8, 4) is 5.75 Å². The summed E-state index contributed by atoms with van der Waals surface area (Å²) in [4.78, 5) is 22.2. The first-order valence-electron chi connectivity index (χ1n) is 5.43. The summed E-state index contributed by atoms with van der Waals surface area (Å²) in [5.74, 6) is -0.711. The molecular weight excluding hydrogens is 282 g/mol. The van der Waals surface area contributed by atoms with E-state index in [0.717, 1.165) is 11.3 Å². The van der Waals surface area contributed by atoms with Crippen molar-refractivity contribution in [2.24, 2.45) is 5.10 Å². The fraction of sp³-hybridized carbons (Fsp3) is 0. The maximum absolute atomic E-state index is 11.7. The van der Waals surface area contributed by atoms with E-state index >= 15 is 0 Å². The maximum atomic E-state index is 11.7. The number of nitro groups is 1. The Balaban J connectivity index is 2.01. The van der Waals surface area contributed by atoms with Gasteiger partial charge in [-0.25, -0.2) is 5.43 Å². The molecule has 20 heavy (non-hydrogen) atoms. The van der Waals surface area contributed by atoms with E-state index in [9.17, 15) is 20.0 Å². The molecular formula is C12H9N3O4S. The van der Waals surface area contributed by atoms with Crippen molar-refractivity contribution in [2.45, 2.75) is 0 Å². The van der Waals surface area contributed by atoms with Crippen molar-refractivity contribution in [1.29, 1.82) is 0 Å². The highest BCUT2D eigenvalue weighted by atomic mass is 32.1. The number of hydrazone groups is 1. The Morgan fingerprint density at radius 3 is 2.75 bits per heavy atom. The van der Waals surface area contributed by atoms with E-state index in [1.165, 1.54) is 30.5 Å². The minimum absolute atomic E-state index is 0.00141. The Hall–Kier alpha value is -2.74. The lowest BCUT2D eigenvalue weighted by Crippen LogP contribution is -2.17. The molecule has 0 aliphatic heterocycles. The molecule has 2 N–H and O–H groups in total. The van der Waals surface area contributed by atoms with E-state index in [1.807, 2.05) is 0 Å². The average molecular weight is 291 g/mol. The van der Waals surface area contributed by atoms with Gasteiger partial charge in [-0.1, -0.05) is 23.5 Å². The number of nitrogens with one attached hydrogen (secondary N) is 1. The predicted octanol–water partition coefficient (Wildman–Crippen LogP) is 2.13. The molecule has 0 aliphatic rings. The van der Waals surface area contributed by atoms with Gasteiger partial charge in [0.1, 0.15) is 5.75 Å². The molecule has 0 saturated heterocycles. The van der Waals surface area contributed by atoms with Crippen molar-refractivity contribution < 1.29 is 14.8 Å². The number of hydrogen-bond acceptors (Lipinski definition) is 6. The monoisotopic (exact) mass is 291 g/mol. The molecule has 102 valence electrons. The first kappa shape index (κ1) is 13.7. The zero-order valence-corrected chi connectivity index (χ0v) is 10.8. The summed E-state index contributed by atoms with van der Waals surface area (Å²) in [5.41, 5.74) is 2.33. The molecule has 0 atom stereocenters. The zero-order chi connectivity index (χ0) is 14.5. The number of carbonyl (C=O) groups excluding carboxylic acids is 1. The molecule has 7 nitrogen and oxygen atoms in total. The van der Waals surface area contributed by atoms with Gasteiger partial charge < -0.3 is 5.11 Å². The number of thiophene rings is 1. The summed E-state index contributed by atoms with van der Waals surface area (Å²) in [6.07, 6.45) is 1.30. The van der Waals surface area contributed by atoms with Gasteiger partial charge in [-0.15, -0.1) is 0 Å². The van der Waals surface area contributed by atoms with E-state index in [2.05, 4.69) is 10.5 Å². The first-order valence-corrected chi connectivity index (χ1v) is 6.25. The van der Waals surface area contributed by atoms with E-state index < -0.39 is 10.8 Å². The Bertz CT molecular complexity index is 681. The largest absolute Gasteiger partial charge is 0.507 e. The Morgan fingerprint density at radius 2 is 2.10 bits per heavy atom. The van der Waals surface area contributed by atoms with Crippen LogP contribution in [0.2, 0.25) is 0 Å². The van der Waals surface area contributed by atoms with Crippen LogP contribution in [-0.4, -0.2) is 22.2 Å². The quantitative estimate of drug-likeness (QED) is 0.511. The van der Waals surface area contributed by atoms with E-state index in [1.54, 1.807) is 12.1 Å². The van der Waals surface area contributed by atoms with Gasteiger partial charge in [0.15, 0.2) is 0 Å². The van der Waals surface area contributed by atoms with Crippen LogP contribution < -0.4 is 5.43 Å². The third-order valence-corrected chi connectivity index (χ3v) is 3.27. The van der Waals surface area contributed by atoms with Crippen LogP contribution in [0.25, 0.3) is 0 Å². The summed E-state index contributed by atoms with van der Waals surface area (Å²) in [7, 11) is 0.